The van der Waals surface area contributed by atoms with Crippen LogP contribution in [-0.4, -0.2) is 32.6 Å². The molecule has 0 aliphatic rings. The Kier molecular flexibility index (Phi) is 8.59. The zero-order valence-corrected chi connectivity index (χ0v) is 17.3. The van der Waals surface area contributed by atoms with Gasteiger partial charge in [-0.05, 0) is 47.5 Å². The predicted octanol–water partition coefficient (Wildman–Crippen LogP) is 6.07. The summed E-state index contributed by atoms with van der Waals surface area (Å²) in [5, 5.41) is 2.52. The molecule has 0 radical (unpaired) electrons. The second-order valence-corrected chi connectivity index (χ2v) is 7.64. The van der Waals surface area contributed by atoms with Gasteiger partial charge in [0.05, 0.1) is 0 Å². The Labute approximate surface area is 166 Å². The lowest BCUT2D eigenvalue weighted by molar-refractivity contribution is 1.14. The predicted molar refractivity (Wildman–Crippen MR) is 125 cm³/mol. The lowest BCUT2D eigenvalue weighted by Gasteiger charge is -2.13. The Balaban J connectivity index is 2.00. The SMILES string of the molecule is CC(/C=C/c1ccc2cc(N(C)C)ccc2c1)=C\C=C/C=NCCSS. The molecule has 0 aromatic heterocycles. The van der Waals surface area contributed by atoms with Gasteiger partial charge in [0, 0.05) is 38.3 Å². The summed E-state index contributed by atoms with van der Waals surface area (Å²) in [4.78, 5) is 6.39. The van der Waals surface area contributed by atoms with Crippen molar-refractivity contribution in [3.63, 3.8) is 0 Å². The Bertz CT molecular complexity index is 833. The van der Waals surface area contributed by atoms with Crippen molar-refractivity contribution in [2.45, 2.75) is 6.92 Å². The van der Waals surface area contributed by atoms with Crippen LogP contribution in [-0.2, 0) is 0 Å². The summed E-state index contributed by atoms with van der Waals surface area (Å²) in [7, 11) is 5.64. The molecular weight excluding hydrogens is 356 g/mol. The van der Waals surface area contributed by atoms with E-state index in [0.29, 0.717) is 0 Å². The summed E-state index contributed by atoms with van der Waals surface area (Å²) < 4.78 is 0. The largest absolute Gasteiger partial charge is 0.378 e. The normalized spacial score (nSPS) is 12.8. The number of hydrogen-bond acceptors (Lipinski definition) is 4. The Morgan fingerprint density at radius 3 is 2.65 bits per heavy atom. The fraction of sp³-hybridized carbons (Fsp3) is 0.227. The second kappa shape index (κ2) is 10.9. The minimum Gasteiger partial charge on any atom is -0.378 e. The van der Waals surface area contributed by atoms with Gasteiger partial charge < -0.3 is 4.90 Å². The maximum atomic E-state index is 4.27. The van der Waals surface area contributed by atoms with Crippen LogP contribution in [0.2, 0.25) is 0 Å². The summed E-state index contributed by atoms with van der Waals surface area (Å²) in [6, 6.07) is 13.1. The van der Waals surface area contributed by atoms with Crippen molar-refractivity contribution in [3.05, 3.63) is 71.8 Å². The standard InChI is InChI=1S/C22H26N2S2/c1-18(6-4-5-13-23-14-15-26-25)7-8-19-9-10-21-17-22(24(2)3)12-11-20(21)16-19/h4-13,16-17,25H,14-15H2,1-3H3/b5-4-,8-7+,18-6+,23-13?. The molecule has 26 heavy (non-hydrogen) atoms. The third kappa shape index (κ3) is 6.77. The van der Waals surface area contributed by atoms with Crippen molar-refractivity contribution in [1.29, 1.82) is 0 Å². The van der Waals surface area contributed by atoms with E-state index in [1.165, 1.54) is 38.4 Å². The molecular formula is C22H26N2S2. The van der Waals surface area contributed by atoms with Gasteiger partial charge in [-0.15, -0.1) is 11.7 Å². The highest BCUT2D eigenvalue weighted by Crippen LogP contribution is 2.22. The van der Waals surface area contributed by atoms with Crippen molar-refractivity contribution in [2.24, 2.45) is 4.99 Å². The van der Waals surface area contributed by atoms with Gasteiger partial charge in [-0.25, -0.2) is 0 Å². The summed E-state index contributed by atoms with van der Waals surface area (Å²) in [6.07, 6.45) is 12.2. The molecule has 0 unspecified atom stereocenters. The van der Waals surface area contributed by atoms with Gasteiger partial charge in [0.1, 0.15) is 0 Å². The van der Waals surface area contributed by atoms with Crippen LogP contribution in [0, 0.1) is 0 Å². The number of nitrogens with zero attached hydrogens (tertiary/aromatic N) is 2. The van der Waals surface area contributed by atoms with Gasteiger partial charge in [-0.1, -0.05) is 58.9 Å². The van der Waals surface area contributed by atoms with Crippen molar-refractivity contribution in [3.8, 4) is 0 Å². The highest BCUT2D eigenvalue weighted by atomic mass is 33.1. The third-order valence-corrected chi connectivity index (χ3v) is 4.79. The quantitative estimate of drug-likeness (QED) is 0.196. The Morgan fingerprint density at radius 1 is 1.12 bits per heavy atom. The van der Waals surface area contributed by atoms with Gasteiger partial charge in [0.15, 0.2) is 0 Å². The third-order valence-electron chi connectivity index (χ3n) is 3.88. The number of benzene rings is 2. The minimum absolute atomic E-state index is 0.805. The molecule has 0 fully saturated rings. The molecule has 0 saturated heterocycles. The average molecular weight is 383 g/mol. The number of allylic oxidation sites excluding steroid dienone is 5. The molecule has 0 aliphatic heterocycles. The number of hydrogen-bond donors (Lipinski definition) is 1. The van der Waals surface area contributed by atoms with E-state index in [9.17, 15) is 0 Å². The zero-order valence-electron chi connectivity index (χ0n) is 15.6. The van der Waals surface area contributed by atoms with E-state index in [4.69, 9.17) is 0 Å². The summed E-state index contributed by atoms with van der Waals surface area (Å²) in [5.74, 6) is 0.938. The highest BCUT2D eigenvalue weighted by Gasteiger charge is 1.99. The van der Waals surface area contributed by atoms with E-state index in [2.05, 4.69) is 97.2 Å². The molecule has 0 N–H and O–H groups in total. The van der Waals surface area contributed by atoms with Crippen LogP contribution >= 0.6 is 22.5 Å². The fourth-order valence-corrected chi connectivity index (χ4v) is 2.83. The second-order valence-electron chi connectivity index (χ2n) is 6.20. The maximum Gasteiger partial charge on any atom is 0.0488 e. The molecule has 0 bridgehead atoms. The topological polar surface area (TPSA) is 15.6 Å². The molecule has 0 spiro atoms. The highest BCUT2D eigenvalue weighted by molar-refractivity contribution is 8.68. The van der Waals surface area contributed by atoms with E-state index < -0.39 is 0 Å². The van der Waals surface area contributed by atoms with Crippen molar-refractivity contribution in [1.82, 2.24) is 0 Å². The molecule has 2 aromatic carbocycles. The first-order valence-electron chi connectivity index (χ1n) is 8.59. The molecule has 0 aliphatic carbocycles. The fourth-order valence-electron chi connectivity index (χ4n) is 2.40. The first kappa shape index (κ1) is 20.4. The maximum absolute atomic E-state index is 4.27. The number of thiol groups is 1. The van der Waals surface area contributed by atoms with Crippen LogP contribution in [0.15, 0.2) is 71.3 Å². The van der Waals surface area contributed by atoms with Crippen LogP contribution in [0.3, 0.4) is 0 Å². The molecule has 0 saturated carbocycles. The zero-order chi connectivity index (χ0) is 18.8. The lowest BCUT2D eigenvalue weighted by atomic mass is 10.1. The lowest BCUT2D eigenvalue weighted by Crippen LogP contribution is -2.07. The Morgan fingerprint density at radius 2 is 1.88 bits per heavy atom. The first-order valence-corrected chi connectivity index (χ1v) is 10.6. The van der Waals surface area contributed by atoms with Crippen LogP contribution in [0.25, 0.3) is 16.8 Å². The summed E-state index contributed by atoms with van der Waals surface area (Å²) in [6.45, 7) is 2.90. The smallest absolute Gasteiger partial charge is 0.0488 e. The molecule has 0 amide bonds. The van der Waals surface area contributed by atoms with Crippen molar-refractivity contribution < 1.29 is 0 Å². The molecule has 2 aromatic rings. The van der Waals surface area contributed by atoms with Crippen LogP contribution in [0.5, 0.6) is 0 Å². The molecule has 2 nitrogen and oxygen atoms in total. The average Bonchev–Trinajstić information content (AvgIpc) is 2.65. The van der Waals surface area contributed by atoms with Crippen LogP contribution < -0.4 is 4.90 Å². The number of aliphatic imine (C=N–C) groups is 1. The molecule has 0 atom stereocenters. The number of fused-ring (bicyclic) bond motifs is 1. The van der Waals surface area contributed by atoms with Crippen molar-refractivity contribution in [2.75, 3.05) is 31.3 Å². The first-order chi connectivity index (χ1) is 12.6. The molecule has 4 heteroatoms. The molecule has 2 rings (SSSR count). The monoisotopic (exact) mass is 382 g/mol. The Hall–Kier alpha value is -1.91. The van der Waals surface area contributed by atoms with Gasteiger partial charge >= 0.3 is 0 Å². The number of anilines is 1. The minimum atomic E-state index is 0.805. The summed E-state index contributed by atoms with van der Waals surface area (Å²) in [5.41, 5.74) is 3.63. The van der Waals surface area contributed by atoms with Crippen molar-refractivity contribution >= 4 is 51.2 Å². The van der Waals surface area contributed by atoms with E-state index in [0.717, 1.165) is 12.3 Å². The van der Waals surface area contributed by atoms with E-state index in [-0.39, 0.29) is 0 Å². The van der Waals surface area contributed by atoms with Gasteiger partial charge in [-0.2, -0.15) is 0 Å². The summed E-state index contributed by atoms with van der Waals surface area (Å²) >= 11 is 4.08. The van der Waals surface area contributed by atoms with Crippen LogP contribution in [0.4, 0.5) is 5.69 Å². The van der Waals surface area contributed by atoms with E-state index >= 15 is 0 Å². The van der Waals surface area contributed by atoms with E-state index in [1.807, 2.05) is 18.4 Å². The van der Waals surface area contributed by atoms with Gasteiger partial charge in [0.25, 0.3) is 0 Å². The molecule has 136 valence electrons. The van der Waals surface area contributed by atoms with Gasteiger partial charge in [0.2, 0.25) is 0 Å². The van der Waals surface area contributed by atoms with E-state index in [1.54, 1.807) is 0 Å². The molecule has 0 heterocycles. The number of rotatable bonds is 8. The van der Waals surface area contributed by atoms with Gasteiger partial charge in [-0.3, -0.25) is 4.99 Å². The van der Waals surface area contributed by atoms with Crippen LogP contribution in [0.1, 0.15) is 12.5 Å².